The number of carbonyl (C=O) groups excluding carboxylic acids is 1. The van der Waals surface area contributed by atoms with Crippen LogP contribution in [0.15, 0.2) is 65.8 Å². The van der Waals surface area contributed by atoms with Crippen LogP contribution in [-0.4, -0.2) is 54.7 Å². The van der Waals surface area contributed by atoms with E-state index in [4.69, 9.17) is 18.9 Å². The van der Waals surface area contributed by atoms with Crippen LogP contribution in [0.2, 0.25) is 0 Å². The number of para-hydroxylation sites is 1. The summed E-state index contributed by atoms with van der Waals surface area (Å²) in [5.41, 5.74) is 3.17. The van der Waals surface area contributed by atoms with Gasteiger partial charge in [0.25, 0.3) is 0 Å². The Morgan fingerprint density at radius 2 is 1.53 bits per heavy atom. The number of benzene rings is 3. The SMILES string of the molecule is COc1cc(OC)cc(-c2nnc(SCC(=O)c3cc(OC)ccc3OC)n2-c2ccccc2C)c1. The van der Waals surface area contributed by atoms with E-state index in [2.05, 4.69) is 10.2 Å². The summed E-state index contributed by atoms with van der Waals surface area (Å²) in [6, 6.07) is 18.7. The van der Waals surface area contributed by atoms with Crippen molar-refractivity contribution >= 4 is 17.5 Å². The van der Waals surface area contributed by atoms with Crippen LogP contribution < -0.4 is 18.9 Å². The van der Waals surface area contributed by atoms with Gasteiger partial charge in [0.1, 0.15) is 23.0 Å². The van der Waals surface area contributed by atoms with Crippen molar-refractivity contribution in [2.45, 2.75) is 12.1 Å². The average Bonchev–Trinajstić information content (AvgIpc) is 3.34. The van der Waals surface area contributed by atoms with Gasteiger partial charge in [-0.25, -0.2) is 0 Å². The number of Topliss-reactive ketones (excluding diaryl/α,β-unsaturated/α-hetero) is 1. The molecular weight excluding hydrogens is 478 g/mol. The fourth-order valence-electron chi connectivity index (χ4n) is 3.76. The van der Waals surface area contributed by atoms with E-state index in [0.29, 0.717) is 39.5 Å². The number of aryl methyl sites for hydroxylation is 1. The van der Waals surface area contributed by atoms with Gasteiger partial charge in [-0.1, -0.05) is 30.0 Å². The third-order valence-electron chi connectivity index (χ3n) is 5.64. The normalized spacial score (nSPS) is 10.7. The van der Waals surface area contributed by atoms with Gasteiger partial charge in [-0.05, 0) is 48.9 Å². The molecule has 186 valence electrons. The number of ether oxygens (including phenoxy) is 4. The van der Waals surface area contributed by atoms with E-state index in [1.807, 2.05) is 47.9 Å². The number of rotatable bonds is 10. The second-order valence-corrected chi connectivity index (χ2v) is 8.75. The van der Waals surface area contributed by atoms with Crippen LogP contribution >= 0.6 is 11.8 Å². The first-order valence-electron chi connectivity index (χ1n) is 11.1. The van der Waals surface area contributed by atoms with Gasteiger partial charge in [0.15, 0.2) is 16.8 Å². The Kier molecular flexibility index (Phi) is 7.80. The fourth-order valence-corrected chi connectivity index (χ4v) is 4.59. The fraction of sp³-hybridized carbons (Fsp3) is 0.222. The molecule has 1 heterocycles. The van der Waals surface area contributed by atoms with Gasteiger partial charge >= 0.3 is 0 Å². The number of carbonyl (C=O) groups is 1. The van der Waals surface area contributed by atoms with Crippen LogP contribution in [0.5, 0.6) is 23.0 Å². The zero-order valence-corrected chi connectivity index (χ0v) is 21.6. The van der Waals surface area contributed by atoms with Crippen molar-refractivity contribution in [1.82, 2.24) is 14.8 Å². The van der Waals surface area contributed by atoms with E-state index < -0.39 is 0 Å². The molecule has 3 aromatic carbocycles. The topological polar surface area (TPSA) is 84.7 Å². The number of aromatic nitrogens is 3. The van der Waals surface area contributed by atoms with Crippen molar-refractivity contribution < 1.29 is 23.7 Å². The molecular formula is C27H27N3O5S. The number of methoxy groups -OCH3 is 4. The number of hydrogen-bond acceptors (Lipinski definition) is 8. The number of ketones is 1. The Bertz CT molecular complexity index is 1360. The summed E-state index contributed by atoms with van der Waals surface area (Å²) < 4.78 is 23.5. The second kappa shape index (κ2) is 11.2. The predicted molar refractivity (Wildman–Crippen MR) is 139 cm³/mol. The quantitative estimate of drug-likeness (QED) is 0.213. The molecule has 8 nitrogen and oxygen atoms in total. The van der Waals surface area contributed by atoms with Gasteiger partial charge in [0, 0.05) is 11.6 Å². The summed E-state index contributed by atoms with van der Waals surface area (Å²) in [6.07, 6.45) is 0. The molecule has 0 amide bonds. The molecule has 0 aliphatic carbocycles. The molecule has 4 rings (SSSR count). The molecule has 0 N–H and O–H groups in total. The number of nitrogens with zero attached hydrogens (tertiary/aromatic N) is 3. The summed E-state index contributed by atoms with van der Waals surface area (Å²) in [5, 5.41) is 9.52. The Morgan fingerprint density at radius 1 is 0.833 bits per heavy atom. The lowest BCUT2D eigenvalue weighted by Crippen LogP contribution is -2.07. The maximum Gasteiger partial charge on any atom is 0.196 e. The molecule has 0 bridgehead atoms. The van der Waals surface area contributed by atoms with Crippen molar-refractivity contribution in [2.24, 2.45) is 0 Å². The van der Waals surface area contributed by atoms with Gasteiger partial charge < -0.3 is 18.9 Å². The Hall–Kier alpha value is -3.98. The molecule has 0 aliphatic heterocycles. The smallest absolute Gasteiger partial charge is 0.196 e. The predicted octanol–water partition coefficient (Wildman–Crippen LogP) is 5.25. The molecule has 0 spiro atoms. The largest absolute Gasteiger partial charge is 0.497 e. The van der Waals surface area contributed by atoms with Gasteiger partial charge in [-0.2, -0.15) is 0 Å². The van der Waals surface area contributed by atoms with Gasteiger partial charge in [-0.15, -0.1) is 10.2 Å². The standard InChI is InChI=1S/C27H27N3O5S/c1-17-8-6-7-9-23(17)30-26(18-12-20(33-3)14-21(13-18)34-4)28-29-27(30)36-16-24(31)22-15-19(32-2)10-11-25(22)35-5/h6-15H,16H2,1-5H3. The maximum atomic E-state index is 13.2. The minimum absolute atomic E-state index is 0.111. The van der Waals surface area contributed by atoms with E-state index in [9.17, 15) is 4.79 Å². The minimum atomic E-state index is -0.111. The average molecular weight is 506 g/mol. The summed E-state index contributed by atoms with van der Waals surface area (Å²) >= 11 is 1.30. The Labute approximate surface area is 214 Å². The lowest BCUT2D eigenvalue weighted by molar-refractivity contribution is 0.101. The molecule has 4 aromatic rings. The maximum absolute atomic E-state index is 13.2. The Morgan fingerprint density at radius 3 is 2.17 bits per heavy atom. The minimum Gasteiger partial charge on any atom is -0.497 e. The highest BCUT2D eigenvalue weighted by Crippen LogP contribution is 2.34. The summed E-state index contributed by atoms with van der Waals surface area (Å²) in [5.74, 6) is 2.98. The van der Waals surface area contributed by atoms with Crippen molar-refractivity contribution in [3.05, 3.63) is 71.8 Å². The first kappa shape index (κ1) is 25.1. The van der Waals surface area contributed by atoms with E-state index in [0.717, 1.165) is 16.8 Å². The third-order valence-corrected chi connectivity index (χ3v) is 6.57. The lowest BCUT2D eigenvalue weighted by atomic mass is 10.1. The van der Waals surface area contributed by atoms with Crippen LogP contribution in [0.3, 0.4) is 0 Å². The van der Waals surface area contributed by atoms with Crippen molar-refractivity contribution in [1.29, 1.82) is 0 Å². The van der Waals surface area contributed by atoms with Crippen LogP contribution in [0.4, 0.5) is 0 Å². The molecule has 36 heavy (non-hydrogen) atoms. The highest BCUT2D eigenvalue weighted by molar-refractivity contribution is 7.99. The highest BCUT2D eigenvalue weighted by atomic mass is 32.2. The molecule has 9 heteroatoms. The molecule has 0 atom stereocenters. The molecule has 0 aliphatic rings. The molecule has 0 saturated carbocycles. The molecule has 0 unspecified atom stereocenters. The monoisotopic (exact) mass is 505 g/mol. The zero-order chi connectivity index (χ0) is 25.7. The highest BCUT2D eigenvalue weighted by Gasteiger charge is 2.21. The molecule has 1 aromatic heterocycles. The van der Waals surface area contributed by atoms with Gasteiger partial charge in [0.05, 0.1) is 45.4 Å². The van der Waals surface area contributed by atoms with Crippen LogP contribution in [-0.2, 0) is 0 Å². The summed E-state index contributed by atoms with van der Waals surface area (Å²) in [4.78, 5) is 13.2. The van der Waals surface area contributed by atoms with Crippen LogP contribution in [0, 0.1) is 6.92 Å². The first-order chi connectivity index (χ1) is 17.5. The zero-order valence-electron chi connectivity index (χ0n) is 20.8. The van der Waals surface area contributed by atoms with E-state index >= 15 is 0 Å². The number of hydrogen-bond donors (Lipinski definition) is 0. The lowest BCUT2D eigenvalue weighted by Gasteiger charge is -2.14. The van der Waals surface area contributed by atoms with E-state index in [-0.39, 0.29) is 11.5 Å². The molecule has 0 radical (unpaired) electrons. The van der Waals surface area contributed by atoms with Crippen molar-refractivity contribution in [2.75, 3.05) is 34.2 Å². The van der Waals surface area contributed by atoms with Crippen molar-refractivity contribution in [3.8, 4) is 40.1 Å². The van der Waals surface area contributed by atoms with Crippen LogP contribution in [0.1, 0.15) is 15.9 Å². The Balaban J connectivity index is 1.74. The summed E-state index contributed by atoms with van der Waals surface area (Å²) in [6.45, 7) is 2.02. The first-order valence-corrected chi connectivity index (χ1v) is 12.1. The van der Waals surface area contributed by atoms with E-state index in [1.165, 1.54) is 18.9 Å². The van der Waals surface area contributed by atoms with Gasteiger partial charge in [-0.3, -0.25) is 9.36 Å². The van der Waals surface area contributed by atoms with Crippen molar-refractivity contribution in [3.63, 3.8) is 0 Å². The second-order valence-electron chi connectivity index (χ2n) is 7.81. The molecule has 0 saturated heterocycles. The van der Waals surface area contributed by atoms with Crippen LogP contribution in [0.25, 0.3) is 17.1 Å². The van der Waals surface area contributed by atoms with Gasteiger partial charge in [0.2, 0.25) is 0 Å². The summed E-state index contributed by atoms with van der Waals surface area (Å²) in [7, 11) is 6.30. The molecule has 0 fully saturated rings. The number of thioether (sulfide) groups is 1. The third kappa shape index (κ3) is 5.16. The van der Waals surface area contributed by atoms with E-state index in [1.54, 1.807) is 45.6 Å².